The highest BCUT2D eigenvalue weighted by Crippen LogP contribution is 2.17. The number of nitrogens with two attached hydrogens (primary N) is 1. The predicted molar refractivity (Wildman–Crippen MR) is 74.9 cm³/mol. The molecule has 20 heavy (non-hydrogen) atoms. The van der Waals surface area contributed by atoms with E-state index >= 15 is 0 Å². The molecule has 0 unspecified atom stereocenters. The van der Waals surface area contributed by atoms with Gasteiger partial charge in [-0.25, -0.2) is 18.4 Å². The second-order valence-electron chi connectivity index (χ2n) is 3.84. The lowest BCUT2D eigenvalue weighted by Gasteiger charge is -2.08. The van der Waals surface area contributed by atoms with E-state index in [4.69, 9.17) is 10.5 Å². The number of sulfonamides is 1. The number of pyridine rings is 2. The van der Waals surface area contributed by atoms with Crippen molar-refractivity contribution in [1.82, 2.24) is 9.97 Å². The molecule has 0 aliphatic carbocycles. The molecule has 106 valence electrons. The first-order valence-electron chi connectivity index (χ1n) is 5.84. The first kappa shape index (κ1) is 14.1. The lowest BCUT2D eigenvalue weighted by atomic mass is 10.4. The van der Waals surface area contributed by atoms with Gasteiger partial charge in [0.1, 0.15) is 5.82 Å². The van der Waals surface area contributed by atoms with E-state index in [1.807, 2.05) is 6.92 Å². The van der Waals surface area contributed by atoms with E-state index < -0.39 is 10.0 Å². The maximum absolute atomic E-state index is 12.1. The Morgan fingerprint density at radius 3 is 2.70 bits per heavy atom. The Labute approximate surface area is 116 Å². The molecule has 0 aromatic carbocycles. The number of hydrogen-bond donors (Lipinski definition) is 2. The third kappa shape index (κ3) is 3.35. The van der Waals surface area contributed by atoms with Crippen molar-refractivity contribution in [3.8, 4) is 5.88 Å². The summed E-state index contributed by atoms with van der Waals surface area (Å²) in [5.41, 5.74) is 5.81. The number of nitrogen functional groups attached to an aromatic ring is 1. The van der Waals surface area contributed by atoms with Crippen molar-refractivity contribution in [3.05, 3.63) is 36.7 Å². The lowest BCUT2D eigenvalue weighted by molar-refractivity contribution is 0.327. The minimum absolute atomic E-state index is 0.0406. The molecule has 0 bridgehead atoms. The van der Waals surface area contributed by atoms with Crippen LogP contribution in [0.4, 0.5) is 11.5 Å². The molecule has 0 aliphatic heterocycles. The van der Waals surface area contributed by atoms with E-state index in [9.17, 15) is 8.42 Å². The summed E-state index contributed by atoms with van der Waals surface area (Å²) in [5, 5.41) is 0. The van der Waals surface area contributed by atoms with E-state index in [0.717, 1.165) is 0 Å². The fraction of sp³-hybridized carbons (Fsp3) is 0.167. The first-order valence-corrected chi connectivity index (χ1v) is 7.33. The molecule has 0 fully saturated rings. The molecule has 0 radical (unpaired) electrons. The van der Waals surface area contributed by atoms with Crippen LogP contribution in [0.2, 0.25) is 0 Å². The maximum atomic E-state index is 12.1. The van der Waals surface area contributed by atoms with Gasteiger partial charge in [0.25, 0.3) is 10.0 Å². The van der Waals surface area contributed by atoms with Gasteiger partial charge >= 0.3 is 0 Å². The maximum Gasteiger partial charge on any atom is 0.262 e. The zero-order valence-corrected chi connectivity index (χ0v) is 11.6. The van der Waals surface area contributed by atoms with Crippen LogP contribution in [0.15, 0.2) is 41.6 Å². The van der Waals surface area contributed by atoms with E-state index in [-0.39, 0.29) is 10.7 Å². The number of nitrogens with one attached hydrogen (secondary N) is 1. The topological polar surface area (TPSA) is 107 Å². The molecule has 0 amide bonds. The van der Waals surface area contributed by atoms with Gasteiger partial charge in [0.15, 0.2) is 0 Å². The Bertz CT molecular complexity index is 686. The highest BCUT2D eigenvalue weighted by molar-refractivity contribution is 7.92. The summed E-state index contributed by atoms with van der Waals surface area (Å²) in [4.78, 5) is 7.77. The highest BCUT2D eigenvalue weighted by Gasteiger charge is 2.14. The number of nitrogens with zero attached hydrogens (tertiary/aromatic N) is 2. The molecule has 0 atom stereocenters. The van der Waals surface area contributed by atoms with Crippen molar-refractivity contribution < 1.29 is 13.2 Å². The summed E-state index contributed by atoms with van der Waals surface area (Å²) in [6.07, 6.45) is 2.72. The van der Waals surface area contributed by atoms with Crippen LogP contribution in [0.25, 0.3) is 0 Å². The fourth-order valence-electron chi connectivity index (χ4n) is 1.48. The Hall–Kier alpha value is -2.35. The molecule has 2 aromatic heterocycles. The molecule has 0 saturated heterocycles. The van der Waals surface area contributed by atoms with E-state index in [1.165, 1.54) is 24.5 Å². The Morgan fingerprint density at radius 1 is 1.30 bits per heavy atom. The molecular formula is C12H14N4O3S. The molecule has 2 heterocycles. The van der Waals surface area contributed by atoms with Crippen LogP contribution in [-0.4, -0.2) is 25.0 Å². The van der Waals surface area contributed by atoms with Gasteiger partial charge in [0, 0.05) is 18.3 Å². The van der Waals surface area contributed by atoms with Crippen LogP contribution in [-0.2, 0) is 10.0 Å². The van der Waals surface area contributed by atoms with Gasteiger partial charge in [0.05, 0.1) is 23.4 Å². The van der Waals surface area contributed by atoms with Crippen molar-refractivity contribution >= 4 is 21.5 Å². The Balaban J connectivity index is 2.20. The minimum atomic E-state index is -3.71. The summed E-state index contributed by atoms with van der Waals surface area (Å²) in [6.45, 7) is 2.33. The monoisotopic (exact) mass is 294 g/mol. The van der Waals surface area contributed by atoms with Gasteiger partial charge in [-0.1, -0.05) is 0 Å². The van der Waals surface area contributed by atoms with Crippen LogP contribution in [0, 0.1) is 0 Å². The van der Waals surface area contributed by atoms with Crippen LogP contribution in [0.1, 0.15) is 6.92 Å². The van der Waals surface area contributed by atoms with Gasteiger partial charge in [0.2, 0.25) is 5.88 Å². The molecule has 8 heteroatoms. The summed E-state index contributed by atoms with van der Waals surface area (Å²) in [7, 11) is -3.71. The van der Waals surface area contributed by atoms with Crippen molar-refractivity contribution in [2.24, 2.45) is 0 Å². The van der Waals surface area contributed by atoms with Gasteiger partial charge in [-0.3, -0.25) is 4.72 Å². The van der Waals surface area contributed by atoms with Crippen molar-refractivity contribution in [2.75, 3.05) is 17.1 Å². The largest absolute Gasteiger partial charge is 0.478 e. The fourth-order valence-corrected chi connectivity index (χ4v) is 2.55. The van der Waals surface area contributed by atoms with Gasteiger partial charge in [-0.05, 0) is 19.1 Å². The highest BCUT2D eigenvalue weighted by atomic mass is 32.2. The minimum Gasteiger partial charge on any atom is -0.478 e. The molecule has 7 nitrogen and oxygen atoms in total. The summed E-state index contributed by atoms with van der Waals surface area (Å²) < 4.78 is 31.8. The second-order valence-corrected chi connectivity index (χ2v) is 5.52. The molecule has 2 rings (SSSR count). The smallest absolute Gasteiger partial charge is 0.262 e. The molecule has 0 spiro atoms. The average molecular weight is 294 g/mol. The number of anilines is 2. The zero-order chi connectivity index (χ0) is 14.6. The first-order chi connectivity index (χ1) is 9.51. The summed E-state index contributed by atoms with van der Waals surface area (Å²) in [5.74, 6) is 0.571. The van der Waals surface area contributed by atoms with Crippen molar-refractivity contribution in [3.63, 3.8) is 0 Å². The number of aromatic nitrogens is 2. The van der Waals surface area contributed by atoms with Crippen molar-refractivity contribution in [1.29, 1.82) is 0 Å². The van der Waals surface area contributed by atoms with E-state index in [2.05, 4.69) is 14.7 Å². The Kier molecular flexibility index (Phi) is 4.04. The average Bonchev–Trinajstić information content (AvgIpc) is 2.41. The third-order valence-corrected chi connectivity index (χ3v) is 3.72. The van der Waals surface area contributed by atoms with Crippen molar-refractivity contribution in [2.45, 2.75) is 11.8 Å². The van der Waals surface area contributed by atoms with Crippen LogP contribution >= 0.6 is 0 Å². The summed E-state index contributed by atoms with van der Waals surface area (Å²) in [6, 6.07) is 5.80. The zero-order valence-electron chi connectivity index (χ0n) is 10.8. The van der Waals surface area contributed by atoms with Gasteiger partial charge in [-0.15, -0.1) is 0 Å². The van der Waals surface area contributed by atoms with E-state index in [1.54, 1.807) is 12.1 Å². The third-order valence-electron chi connectivity index (χ3n) is 2.34. The van der Waals surface area contributed by atoms with Crippen LogP contribution in [0.5, 0.6) is 5.88 Å². The number of rotatable bonds is 5. The molecule has 0 saturated carbocycles. The second kappa shape index (κ2) is 5.74. The number of hydrogen-bond acceptors (Lipinski definition) is 6. The molecule has 3 N–H and O–H groups in total. The molecule has 0 aliphatic rings. The SMILES string of the molecule is CCOc1ccc(NS(=O)(=O)c2ccnc(N)c2)cn1. The van der Waals surface area contributed by atoms with Gasteiger partial charge in [-0.2, -0.15) is 0 Å². The van der Waals surface area contributed by atoms with E-state index in [0.29, 0.717) is 18.2 Å². The van der Waals surface area contributed by atoms with Crippen LogP contribution in [0.3, 0.4) is 0 Å². The van der Waals surface area contributed by atoms with Crippen LogP contribution < -0.4 is 15.2 Å². The molecule has 2 aromatic rings. The normalized spacial score (nSPS) is 11.1. The van der Waals surface area contributed by atoms with Gasteiger partial charge < -0.3 is 10.5 Å². The Morgan fingerprint density at radius 2 is 2.10 bits per heavy atom. The summed E-state index contributed by atoms with van der Waals surface area (Å²) >= 11 is 0. The molecular weight excluding hydrogens is 280 g/mol. The standard InChI is InChI=1S/C12H14N4O3S/c1-2-19-12-4-3-9(8-15-12)16-20(17,18)10-5-6-14-11(13)7-10/h3-8,16H,2H2,1H3,(H2,13,14). The lowest BCUT2D eigenvalue weighted by Crippen LogP contribution is -2.13. The quantitative estimate of drug-likeness (QED) is 0.859. The number of ether oxygens (including phenoxy) is 1. The predicted octanol–water partition coefficient (Wildman–Crippen LogP) is 1.26.